The van der Waals surface area contributed by atoms with E-state index in [-0.39, 0.29) is 12.3 Å². The number of hydrogen-bond donors (Lipinski definition) is 2. The number of carbonyl (C=O) groups excluding carboxylic acids is 1. The summed E-state index contributed by atoms with van der Waals surface area (Å²) in [4.78, 5) is 18.0. The Bertz CT molecular complexity index is 759. The predicted octanol–water partition coefficient (Wildman–Crippen LogP) is 3.95. The number of pyridine rings is 1. The minimum absolute atomic E-state index is 0.0506. The molecule has 146 valence electrons. The van der Waals surface area contributed by atoms with Gasteiger partial charge in [-0.15, -0.1) is 0 Å². The highest BCUT2D eigenvalue weighted by Gasteiger charge is 2.24. The lowest BCUT2D eigenvalue weighted by molar-refractivity contribution is 0.0146. The third-order valence-corrected chi connectivity index (χ3v) is 3.97. The van der Waals surface area contributed by atoms with Crippen molar-refractivity contribution in [2.45, 2.75) is 38.9 Å². The summed E-state index contributed by atoms with van der Waals surface area (Å²) in [5.74, 6) is 0.187. The molecule has 1 atom stereocenters. The van der Waals surface area contributed by atoms with Crippen molar-refractivity contribution in [1.82, 2.24) is 9.88 Å². The van der Waals surface area contributed by atoms with E-state index in [1.54, 1.807) is 51.1 Å². The van der Waals surface area contributed by atoms with E-state index in [9.17, 15) is 15.0 Å². The molecule has 0 aliphatic rings. The number of amides is 1. The van der Waals surface area contributed by atoms with Crippen molar-refractivity contribution >= 4 is 17.7 Å². The van der Waals surface area contributed by atoms with E-state index in [2.05, 4.69) is 4.98 Å². The summed E-state index contributed by atoms with van der Waals surface area (Å²) in [6.45, 7) is 5.78. The maximum absolute atomic E-state index is 12.6. The molecule has 2 N–H and O–H groups in total. The molecule has 0 saturated carbocycles. The minimum Gasteiger partial charge on any atom is -0.508 e. The lowest BCUT2D eigenvalue weighted by atomic mass is 10.1. The first-order valence-electron chi connectivity index (χ1n) is 8.68. The average Bonchev–Trinajstić information content (AvgIpc) is 2.58. The normalized spacial score (nSPS) is 12.5. The molecule has 1 aromatic carbocycles. The van der Waals surface area contributed by atoms with Crippen LogP contribution in [-0.2, 0) is 11.2 Å². The highest BCUT2D eigenvalue weighted by atomic mass is 35.5. The number of halogens is 1. The number of phenols is 1. The van der Waals surface area contributed by atoms with Crippen molar-refractivity contribution in [1.29, 1.82) is 0 Å². The zero-order valence-electron chi connectivity index (χ0n) is 15.7. The molecular formula is C20H25ClN2O4. The van der Waals surface area contributed by atoms with Gasteiger partial charge in [-0.3, -0.25) is 4.98 Å². The summed E-state index contributed by atoms with van der Waals surface area (Å²) in [7, 11) is 0. The van der Waals surface area contributed by atoms with Crippen molar-refractivity contribution in [2.75, 3.05) is 13.1 Å². The van der Waals surface area contributed by atoms with Gasteiger partial charge < -0.3 is 19.8 Å². The van der Waals surface area contributed by atoms with Crippen LogP contribution in [0.2, 0.25) is 5.02 Å². The van der Waals surface area contributed by atoms with E-state index < -0.39 is 17.8 Å². The largest absolute Gasteiger partial charge is 0.508 e. The number of phenolic OH excluding ortho intramolecular Hbond substituents is 1. The van der Waals surface area contributed by atoms with Crippen molar-refractivity contribution in [3.05, 3.63) is 58.9 Å². The van der Waals surface area contributed by atoms with Gasteiger partial charge in [0, 0.05) is 24.5 Å². The Balaban J connectivity index is 2.10. The Kier molecular flexibility index (Phi) is 7.05. The summed E-state index contributed by atoms with van der Waals surface area (Å²) in [6.07, 6.45) is 2.11. The Labute approximate surface area is 164 Å². The Morgan fingerprint density at radius 1 is 1.26 bits per heavy atom. The van der Waals surface area contributed by atoms with Crippen molar-refractivity contribution in [3.8, 4) is 5.75 Å². The monoisotopic (exact) mass is 392 g/mol. The molecular weight excluding hydrogens is 368 g/mol. The molecule has 1 aromatic heterocycles. The van der Waals surface area contributed by atoms with Gasteiger partial charge in [-0.25, -0.2) is 4.79 Å². The molecule has 7 heteroatoms. The molecule has 0 radical (unpaired) electrons. The number of benzene rings is 1. The van der Waals surface area contributed by atoms with E-state index in [1.807, 2.05) is 0 Å². The van der Waals surface area contributed by atoms with E-state index in [1.165, 1.54) is 17.3 Å². The van der Waals surface area contributed by atoms with Crippen LogP contribution < -0.4 is 0 Å². The summed E-state index contributed by atoms with van der Waals surface area (Å²) >= 11 is 5.93. The van der Waals surface area contributed by atoms with Crippen LogP contribution in [0.4, 0.5) is 4.79 Å². The quantitative estimate of drug-likeness (QED) is 0.777. The fourth-order valence-corrected chi connectivity index (χ4v) is 2.62. The number of aromatic hydroxyl groups is 1. The van der Waals surface area contributed by atoms with Crippen molar-refractivity contribution in [2.24, 2.45) is 0 Å². The van der Waals surface area contributed by atoms with E-state index >= 15 is 0 Å². The number of hydrogen-bond acceptors (Lipinski definition) is 5. The number of aromatic nitrogens is 1. The van der Waals surface area contributed by atoms with E-state index in [0.29, 0.717) is 23.6 Å². The standard InChI is InChI=1S/C20H25ClN2O4/c1-20(2,3)27-19(26)23(9-8-14-4-6-17(24)7-5-14)13-18(25)15-10-16(21)12-22-11-15/h4-7,10-12,18,24-25H,8-9,13H2,1-3H3. The molecule has 0 aliphatic carbocycles. The molecule has 27 heavy (non-hydrogen) atoms. The van der Waals surface area contributed by atoms with Crippen LogP contribution in [0, 0.1) is 0 Å². The number of rotatable bonds is 6. The molecule has 1 heterocycles. The summed E-state index contributed by atoms with van der Waals surface area (Å²) in [5, 5.41) is 20.3. The summed E-state index contributed by atoms with van der Waals surface area (Å²) < 4.78 is 5.46. The van der Waals surface area contributed by atoms with Gasteiger partial charge in [-0.1, -0.05) is 23.7 Å². The number of carbonyl (C=O) groups is 1. The first kappa shape index (κ1) is 21.0. The molecule has 1 unspecified atom stereocenters. The summed E-state index contributed by atoms with van der Waals surface area (Å²) in [6, 6.07) is 8.39. The molecule has 0 spiro atoms. The third-order valence-electron chi connectivity index (χ3n) is 3.76. The van der Waals surface area contributed by atoms with Gasteiger partial charge in [0.25, 0.3) is 0 Å². The van der Waals surface area contributed by atoms with Gasteiger partial charge in [0.05, 0.1) is 17.7 Å². The minimum atomic E-state index is -0.941. The van der Waals surface area contributed by atoms with E-state index in [4.69, 9.17) is 16.3 Å². The maximum Gasteiger partial charge on any atom is 0.410 e. The number of aliphatic hydroxyl groups excluding tert-OH is 1. The van der Waals surface area contributed by atoms with Crippen LogP contribution in [0.15, 0.2) is 42.7 Å². The second-order valence-corrected chi connectivity index (χ2v) is 7.73. The fraction of sp³-hybridized carbons (Fsp3) is 0.400. The van der Waals surface area contributed by atoms with Crippen LogP contribution in [0.5, 0.6) is 5.75 Å². The molecule has 1 amide bonds. The number of aliphatic hydroxyl groups is 1. The fourth-order valence-electron chi connectivity index (χ4n) is 2.43. The second-order valence-electron chi connectivity index (χ2n) is 7.30. The molecule has 0 bridgehead atoms. The first-order valence-corrected chi connectivity index (χ1v) is 9.06. The molecule has 6 nitrogen and oxygen atoms in total. The molecule has 0 saturated heterocycles. The summed E-state index contributed by atoms with van der Waals surface area (Å²) in [5.41, 5.74) is 0.845. The lowest BCUT2D eigenvalue weighted by Gasteiger charge is -2.29. The highest BCUT2D eigenvalue weighted by molar-refractivity contribution is 6.30. The molecule has 2 rings (SSSR count). The zero-order valence-corrected chi connectivity index (χ0v) is 16.5. The first-order chi connectivity index (χ1) is 12.6. The van der Waals surface area contributed by atoms with Gasteiger partial charge in [-0.05, 0) is 51.0 Å². The van der Waals surface area contributed by atoms with Crippen molar-refractivity contribution < 1.29 is 19.7 Å². The Morgan fingerprint density at radius 2 is 1.93 bits per heavy atom. The van der Waals surface area contributed by atoms with Crippen LogP contribution in [0.3, 0.4) is 0 Å². The average molecular weight is 393 g/mol. The maximum atomic E-state index is 12.6. The van der Waals surface area contributed by atoms with Crippen LogP contribution in [0.1, 0.15) is 38.0 Å². The Hall–Kier alpha value is -2.31. The van der Waals surface area contributed by atoms with Crippen LogP contribution in [0.25, 0.3) is 0 Å². The Morgan fingerprint density at radius 3 is 2.52 bits per heavy atom. The van der Waals surface area contributed by atoms with Crippen LogP contribution >= 0.6 is 11.6 Å². The molecule has 0 aliphatic heterocycles. The molecule has 2 aromatic rings. The predicted molar refractivity (Wildman–Crippen MR) is 104 cm³/mol. The van der Waals surface area contributed by atoms with Gasteiger partial charge >= 0.3 is 6.09 Å². The number of nitrogens with zero attached hydrogens (tertiary/aromatic N) is 2. The topological polar surface area (TPSA) is 82.9 Å². The SMILES string of the molecule is CC(C)(C)OC(=O)N(CCc1ccc(O)cc1)CC(O)c1cncc(Cl)c1. The van der Waals surface area contributed by atoms with Gasteiger partial charge in [0.15, 0.2) is 0 Å². The smallest absolute Gasteiger partial charge is 0.410 e. The van der Waals surface area contributed by atoms with E-state index in [0.717, 1.165) is 5.56 Å². The van der Waals surface area contributed by atoms with Crippen LogP contribution in [-0.4, -0.2) is 44.9 Å². The second kappa shape index (κ2) is 9.06. The van der Waals surface area contributed by atoms with Gasteiger partial charge in [0.2, 0.25) is 0 Å². The van der Waals surface area contributed by atoms with Gasteiger partial charge in [0.1, 0.15) is 11.4 Å². The zero-order chi connectivity index (χ0) is 20.0. The van der Waals surface area contributed by atoms with Gasteiger partial charge in [-0.2, -0.15) is 0 Å². The van der Waals surface area contributed by atoms with Crippen molar-refractivity contribution in [3.63, 3.8) is 0 Å². The third kappa shape index (κ3) is 7.07. The molecule has 0 fully saturated rings. The lowest BCUT2D eigenvalue weighted by Crippen LogP contribution is -2.40. The highest BCUT2D eigenvalue weighted by Crippen LogP contribution is 2.19. The number of ether oxygens (including phenoxy) is 1.